The summed E-state index contributed by atoms with van der Waals surface area (Å²) in [6.45, 7) is 7.26. The van der Waals surface area contributed by atoms with Crippen molar-refractivity contribution in [1.29, 1.82) is 0 Å². The molecule has 5 nitrogen and oxygen atoms in total. The standard InChI is InChI=1S/C20H28N4O/c1-4-19-22-15(2)13-20(23-19)21-14-18(24-11-5-6-12-24)16-7-9-17(25-3)10-8-16/h7-10,13,18H,4-6,11-12,14H2,1-3H3,(H,21,22,23)/t18-/m1/s1. The van der Waals surface area contributed by atoms with E-state index in [1.807, 2.05) is 25.1 Å². The molecule has 1 N–H and O–H groups in total. The van der Waals surface area contributed by atoms with Gasteiger partial charge in [0.05, 0.1) is 13.2 Å². The summed E-state index contributed by atoms with van der Waals surface area (Å²) in [5.41, 5.74) is 2.33. The van der Waals surface area contributed by atoms with Crippen molar-refractivity contribution in [1.82, 2.24) is 14.9 Å². The maximum absolute atomic E-state index is 5.30. The SMILES string of the molecule is CCc1nc(C)cc(NC[C@H](c2ccc(OC)cc2)N2CCCC2)n1. The molecule has 0 unspecified atom stereocenters. The van der Waals surface area contributed by atoms with Crippen LogP contribution in [0.5, 0.6) is 5.75 Å². The molecule has 1 saturated heterocycles. The molecular weight excluding hydrogens is 312 g/mol. The van der Waals surface area contributed by atoms with Crippen LogP contribution < -0.4 is 10.1 Å². The minimum Gasteiger partial charge on any atom is -0.497 e. The average molecular weight is 340 g/mol. The molecule has 5 heteroatoms. The van der Waals surface area contributed by atoms with Crippen LogP contribution >= 0.6 is 0 Å². The minimum absolute atomic E-state index is 0.341. The highest BCUT2D eigenvalue weighted by atomic mass is 16.5. The van der Waals surface area contributed by atoms with Gasteiger partial charge in [-0.2, -0.15) is 0 Å². The van der Waals surface area contributed by atoms with Gasteiger partial charge in [-0.25, -0.2) is 9.97 Å². The lowest BCUT2D eigenvalue weighted by molar-refractivity contribution is 0.255. The Bertz CT molecular complexity index is 681. The highest BCUT2D eigenvalue weighted by molar-refractivity contribution is 5.37. The molecule has 0 amide bonds. The first-order valence-electron chi connectivity index (χ1n) is 9.16. The van der Waals surface area contributed by atoms with Crippen LogP contribution in [-0.2, 0) is 6.42 Å². The predicted molar refractivity (Wildman–Crippen MR) is 101 cm³/mol. The molecule has 2 heterocycles. The van der Waals surface area contributed by atoms with E-state index in [4.69, 9.17) is 4.74 Å². The van der Waals surface area contributed by atoms with Gasteiger partial charge >= 0.3 is 0 Å². The second-order valence-corrected chi connectivity index (χ2v) is 6.58. The van der Waals surface area contributed by atoms with Crippen molar-refractivity contribution in [2.24, 2.45) is 0 Å². The van der Waals surface area contributed by atoms with E-state index in [1.165, 1.54) is 18.4 Å². The smallest absolute Gasteiger partial charge is 0.130 e. The molecule has 1 aliphatic heterocycles. The second kappa shape index (κ2) is 8.30. The highest BCUT2D eigenvalue weighted by Crippen LogP contribution is 2.27. The normalized spacial score (nSPS) is 16.0. The summed E-state index contributed by atoms with van der Waals surface area (Å²) in [5.74, 6) is 2.71. The molecule has 134 valence electrons. The molecule has 1 aromatic carbocycles. The van der Waals surface area contributed by atoms with Crippen LogP contribution in [0, 0.1) is 6.92 Å². The van der Waals surface area contributed by atoms with E-state index < -0.39 is 0 Å². The van der Waals surface area contributed by atoms with Crippen molar-refractivity contribution in [2.45, 2.75) is 39.2 Å². The van der Waals surface area contributed by atoms with Gasteiger partial charge in [0.25, 0.3) is 0 Å². The van der Waals surface area contributed by atoms with Gasteiger partial charge in [-0.1, -0.05) is 19.1 Å². The lowest BCUT2D eigenvalue weighted by Crippen LogP contribution is -2.31. The topological polar surface area (TPSA) is 50.3 Å². The maximum Gasteiger partial charge on any atom is 0.130 e. The van der Waals surface area contributed by atoms with E-state index in [2.05, 4.69) is 39.2 Å². The van der Waals surface area contributed by atoms with Crippen LogP contribution in [0.25, 0.3) is 0 Å². The molecule has 25 heavy (non-hydrogen) atoms. The zero-order valence-corrected chi connectivity index (χ0v) is 15.5. The highest BCUT2D eigenvalue weighted by Gasteiger charge is 2.23. The Morgan fingerprint density at radius 3 is 2.52 bits per heavy atom. The molecule has 1 atom stereocenters. The van der Waals surface area contributed by atoms with Crippen LogP contribution in [0.2, 0.25) is 0 Å². The van der Waals surface area contributed by atoms with Crippen LogP contribution in [-0.4, -0.2) is 41.6 Å². The van der Waals surface area contributed by atoms with Crippen LogP contribution in [0.15, 0.2) is 30.3 Å². The first-order chi connectivity index (χ1) is 12.2. The molecule has 1 aliphatic rings. The van der Waals surface area contributed by atoms with Crippen LogP contribution in [0.4, 0.5) is 5.82 Å². The summed E-state index contributed by atoms with van der Waals surface area (Å²) in [7, 11) is 1.71. The van der Waals surface area contributed by atoms with Gasteiger partial charge in [0.2, 0.25) is 0 Å². The Balaban J connectivity index is 1.76. The molecular formula is C20H28N4O. The molecule has 0 spiro atoms. The lowest BCUT2D eigenvalue weighted by atomic mass is 10.1. The van der Waals surface area contributed by atoms with E-state index in [9.17, 15) is 0 Å². The third-order valence-electron chi connectivity index (χ3n) is 4.78. The van der Waals surface area contributed by atoms with E-state index in [0.29, 0.717) is 6.04 Å². The van der Waals surface area contributed by atoms with Gasteiger partial charge < -0.3 is 10.1 Å². The quantitative estimate of drug-likeness (QED) is 0.834. The number of aryl methyl sites for hydroxylation is 2. The maximum atomic E-state index is 5.30. The number of ether oxygens (including phenoxy) is 1. The Kier molecular flexibility index (Phi) is 5.87. The number of nitrogens with zero attached hydrogens (tertiary/aromatic N) is 3. The first-order valence-corrected chi connectivity index (χ1v) is 9.16. The number of rotatable bonds is 7. The van der Waals surface area contributed by atoms with Crippen molar-refractivity contribution in [3.8, 4) is 5.75 Å². The van der Waals surface area contributed by atoms with E-state index in [1.54, 1.807) is 7.11 Å². The molecule has 0 radical (unpaired) electrons. The van der Waals surface area contributed by atoms with Gasteiger partial charge in [0, 0.05) is 24.7 Å². The average Bonchev–Trinajstić information content (AvgIpc) is 3.16. The van der Waals surface area contributed by atoms with Gasteiger partial charge in [-0.3, -0.25) is 4.90 Å². The molecule has 1 fully saturated rings. The Labute approximate surface area is 150 Å². The summed E-state index contributed by atoms with van der Waals surface area (Å²) in [6, 6.07) is 10.8. The zero-order chi connectivity index (χ0) is 17.6. The predicted octanol–water partition coefficient (Wildman–Crippen LogP) is 3.61. The van der Waals surface area contributed by atoms with Crippen LogP contribution in [0.3, 0.4) is 0 Å². The third kappa shape index (κ3) is 4.48. The van der Waals surface area contributed by atoms with Gasteiger partial charge in [-0.05, 0) is 50.6 Å². The molecule has 0 bridgehead atoms. The van der Waals surface area contributed by atoms with E-state index in [-0.39, 0.29) is 0 Å². The Morgan fingerprint density at radius 1 is 1.16 bits per heavy atom. The number of methoxy groups -OCH3 is 1. The number of hydrogen-bond acceptors (Lipinski definition) is 5. The minimum atomic E-state index is 0.341. The summed E-state index contributed by atoms with van der Waals surface area (Å²) in [6.07, 6.45) is 3.41. The van der Waals surface area contributed by atoms with Gasteiger partial charge in [0.1, 0.15) is 17.4 Å². The Hall–Kier alpha value is -2.14. The van der Waals surface area contributed by atoms with E-state index in [0.717, 1.165) is 49.1 Å². The third-order valence-corrected chi connectivity index (χ3v) is 4.78. The lowest BCUT2D eigenvalue weighted by Gasteiger charge is -2.28. The molecule has 2 aromatic rings. The summed E-state index contributed by atoms with van der Waals surface area (Å²) in [5, 5.41) is 3.54. The number of aromatic nitrogens is 2. The summed E-state index contributed by atoms with van der Waals surface area (Å²) in [4.78, 5) is 11.6. The fraction of sp³-hybridized carbons (Fsp3) is 0.500. The van der Waals surface area contributed by atoms with Crippen molar-refractivity contribution in [3.63, 3.8) is 0 Å². The number of benzene rings is 1. The number of hydrogen-bond donors (Lipinski definition) is 1. The van der Waals surface area contributed by atoms with Crippen LogP contribution in [0.1, 0.15) is 42.9 Å². The second-order valence-electron chi connectivity index (χ2n) is 6.58. The molecule has 0 saturated carbocycles. The zero-order valence-electron chi connectivity index (χ0n) is 15.5. The van der Waals surface area contributed by atoms with E-state index >= 15 is 0 Å². The largest absolute Gasteiger partial charge is 0.497 e. The number of likely N-dealkylation sites (tertiary alicyclic amines) is 1. The van der Waals surface area contributed by atoms with Crippen molar-refractivity contribution >= 4 is 5.82 Å². The monoisotopic (exact) mass is 340 g/mol. The summed E-state index contributed by atoms with van der Waals surface area (Å²) < 4.78 is 5.30. The Morgan fingerprint density at radius 2 is 1.88 bits per heavy atom. The van der Waals surface area contributed by atoms with Gasteiger partial charge in [-0.15, -0.1) is 0 Å². The summed E-state index contributed by atoms with van der Waals surface area (Å²) >= 11 is 0. The first kappa shape index (κ1) is 17.7. The fourth-order valence-corrected chi connectivity index (χ4v) is 3.42. The number of nitrogens with one attached hydrogen (secondary N) is 1. The fourth-order valence-electron chi connectivity index (χ4n) is 3.42. The van der Waals surface area contributed by atoms with Crippen molar-refractivity contribution in [2.75, 3.05) is 32.1 Å². The molecule has 0 aliphatic carbocycles. The molecule has 1 aromatic heterocycles. The molecule has 3 rings (SSSR count). The van der Waals surface area contributed by atoms with Crippen molar-refractivity contribution < 1.29 is 4.74 Å². The van der Waals surface area contributed by atoms with Gasteiger partial charge in [0.15, 0.2) is 0 Å². The van der Waals surface area contributed by atoms with Crippen molar-refractivity contribution in [3.05, 3.63) is 47.4 Å². The number of anilines is 1.